The van der Waals surface area contributed by atoms with Gasteiger partial charge in [-0.3, -0.25) is 9.59 Å². The minimum atomic E-state index is -0.0752. The van der Waals surface area contributed by atoms with E-state index in [0.717, 1.165) is 30.6 Å². The van der Waals surface area contributed by atoms with Crippen LogP contribution in [-0.4, -0.2) is 31.0 Å². The van der Waals surface area contributed by atoms with Crippen molar-refractivity contribution in [2.75, 3.05) is 13.2 Å². The fourth-order valence-corrected chi connectivity index (χ4v) is 2.52. The smallest absolute Gasteiger partial charge is 0.258 e. The molecule has 1 aromatic heterocycles. The molecular formula is C20H24N2O4. The molecule has 3 rings (SSSR count). The molecule has 0 aliphatic heterocycles. The molecule has 1 heterocycles. The molecule has 2 amide bonds. The summed E-state index contributed by atoms with van der Waals surface area (Å²) in [4.78, 5) is 23.4. The van der Waals surface area contributed by atoms with Gasteiger partial charge < -0.3 is 19.8 Å². The first kappa shape index (κ1) is 18.0. The van der Waals surface area contributed by atoms with Gasteiger partial charge in [-0.25, -0.2) is 0 Å². The van der Waals surface area contributed by atoms with Gasteiger partial charge in [0.25, 0.3) is 5.91 Å². The zero-order chi connectivity index (χ0) is 18.2. The number of nitrogens with one attached hydrogen (secondary N) is 2. The Bertz CT molecular complexity index is 706. The van der Waals surface area contributed by atoms with Crippen molar-refractivity contribution in [3.05, 3.63) is 54.0 Å². The largest absolute Gasteiger partial charge is 0.484 e. The second kappa shape index (κ2) is 9.08. The van der Waals surface area contributed by atoms with Crippen LogP contribution in [0.5, 0.6) is 5.75 Å². The number of carbonyl (C=O) groups is 2. The van der Waals surface area contributed by atoms with E-state index >= 15 is 0 Å². The monoisotopic (exact) mass is 356 g/mol. The number of ether oxygens (including phenoxy) is 1. The highest BCUT2D eigenvalue weighted by Crippen LogP contribution is 2.18. The van der Waals surface area contributed by atoms with Crippen molar-refractivity contribution in [3.63, 3.8) is 0 Å². The van der Waals surface area contributed by atoms with Crippen molar-refractivity contribution in [3.8, 4) is 5.75 Å². The Labute approximate surface area is 152 Å². The number of hydrogen-bond acceptors (Lipinski definition) is 4. The van der Waals surface area contributed by atoms with Gasteiger partial charge in [0.1, 0.15) is 11.5 Å². The maximum Gasteiger partial charge on any atom is 0.258 e. The maximum absolute atomic E-state index is 11.8. The molecule has 0 saturated heterocycles. The van der Waals surface area contributed by atoms with Gasteiger partial charge in [-0.15, -0.1) is 0 Å². The zero-order valence-corrected chi connectivity index (χ0v) is 14.7. The van der Waals surface area contributed by atoms with Gasteiger partial charge >= 0.3 is 0 Å². The van der Waals surface area contributed by atoms with Gasteiger partial charge in [0.2, 0.25) is 5.91 Å². The lowest BCUT2D eigenvalue weighted by Crippen LogP contribution is -2.30. The number of rotatable bonds is 10. The molecular weight excluding hydrogens is 332 g/mol. The van der Waals surface area contributed by atoms with E-state index in [1.54, 1.807) is 6.26 Å². The first-order valence-electron chi connectivity index (χ1n) is 8.99. The van der Waals surface area contributed by atoms with Gasteiger partial charge in [-0.1, -0.05) is 12.1 Å². The summed E-state index contributed by atoms with van der Waals surface area (Å²) in [7, 11) is 0. The van der Waals surface area contributed by atoms with Gasteiger partial charge in [0, 0.05) is 25.4 Å². The van der Waals surface area contributed by atoms with E-state index in [1.165, 1.54) is 0 Å². The Kier molecular flexibility index (Phi) is 6.30. The Balaban J connectivity index is 1.30. The van der Waals surface area contributed by atoms with Crippen LogP contribution < -0.4 is 15.4 Å². The fraction of sp³-hybridized carbons (Fsp3) is 0.400. The van der Waals surface area contributed by atoms with E-state index in [1.807, 2.05) is 36.4 Å². The number of aryl methyl sites for hydroxylation is 1. The molecule has 1 aliphatic rings. The SMILES string of the molecule is O=C(CCc1ccco1)NCCc1ccc(OCC(=O)NC2CC2)cc1. The van der Waals surface area contributed by atoms with Crippen LogP contribution >= 0.6 is 0 Å². The van der Waals surface area contributed by atoms with E-state index in [0.29, 0.717) is 31.2 Å². The zero-order valence-electron chi connectivity index (χ0n) is 14.7. The standard InChI is InChI=1S/C20H24N2O4/c23-19(10-9-17-2-1-13-25-17)21-12-11-15-3-7-18(8-4-15)26-14-20(24)22-16-5-6-16/h1-4,7-8,13,16H,5-6,9-12,14H2,(H,21,23)(H,22,24). The second-order valence-corrected chi connectivity index (χ2v) is 6.45. The third-order valence-corrected chi connectivity index (χ3v) is 4.15. The van der Waals surface area contributed by atoms with Crippen LogP contribution in [0.1, 0.15) is 30.6 Å². The Hall–Kier alpha value is -2.76. The molecule has 1 saturated carbocycles. The van der Waals surface area contributed by atoms with Crippen molar-refractivity contribution < 1.29 is 18.7 Å². The summed E-state index contributed by atoms with van der Waals surface area (Å²) >= 11 is 0. The number of hydrogen-bond donors (Lipinski definition) is 2. The van der Waals surface area contributed by atoms with Crippen molar-refractivity contribution in [1.82, 2.24) is 10.6 Å². The molecule has 0 bridgehead atoms. The summed E-state index contributed by atoms with van der Waals surface area (Å²) in [6.07, 6.45) is 5.52. The minimum absolute atomic E-state index is 0.0167. The van der Waals surface area contributed by atoms with Crippen molar-refractivity contribution in [2.45, 2.75) is 38.1 Å². The normalized spacial score (nSPS) is 13.2. The average Bonchev–Trinajstić information content (AvgIpc) is 3.30. The molecule has 0 atom stereocenters. The molecule has 0 unspecified atom stereocenters. The predicted octanol–water partition coefficient (Wildman–Crippen LogP) is 2.23. The lowest BCUT2D eigenvalue weighted by atomic mass is 10.1. The number of amides is 2. The molecule has 2 N–H and O–H groups in total. The van der Waals surface area contributed by atoms with Crippen LogP contribution in [0.3, 0.4) is 0 Å². The van der Waals surface area contributed by atoms with Crippen LogP contribution in [0.4, 0.5) is 0 Å². The molecule has 138 valence electrons. The van der Waals surface area contributed by atoms with E-state index in [4.69, 9.17) is 9.15 Å². The molecule has 2 aromatic rings. The summed E-state index contributed by atoms with van der Waals surface area (Å²) in [5, 5.41) is 5.79. The van der Waals surface area contributed by atoms with E-state index in [-0.39, 0.29) is 18.4 Å². The first-order valence-corrected chi connectivity index (χ1v) is 8.99. The molecule has 6 nitrogen and oxygen atoms in total. The van der Waals surface area contributed by atoms with Crippen molar-refractivity contribution >= 4 is 11.8 Å². The van der Waals surface area contributed by atoms with Crippen LogP contribution in [-0.2, 0) is 22.4 Å². The number of benzene rings is 1. The Morgan fingerprint density at radius 2 is 1.88 bits per heavy atom. The van der Waals surface area contributed by atoms with E-state index in [9.17, 15) is 9.59 Å². The summed E-state index contributed by atoms with van der Waals surface area (Å²) in [5.74, 6) is 1.43. The third kappa shape index (κ3) is 6.27. The van der Waals surface area contributed by atoms with Crippen LogP contribution in [0.2, 0.25) is 0 Å². The third-order valence-electron chi connectivity index (χ3n) is 4.15. The van der Waals surface area contributed by atoms with Crippen molar-refractivity contribution in [1.29, 1.82) is 0 Å². The molecule has 26 heavy (non-hydrogen) atoms. The lowest BCUT2D eigenvalue weighted by molar-refractivity contribution is -0.123. The molecule has 0 radical (unpaired) electrons. The van der Waals surface area contributed by atoms with Gasteiger partial charge in [0.05, 0.1) is 6.26 Å². The van der Waals surface area contributed by atoms with Gasteiger partial charge in [-0.2, -0.15) is 0 Å². The number of furan rings is 1. The van der Waals surface area contributed by atoms with Crippen LogP contribution in [0.25, 0.3) is 0 Å². The second-order valence-electron chi connectivity index (χ2n) is 6.45. The highest BCUT2D eigenvalue weighted by atomic mass is 16.5. The Morgan fingerprint density at radius 3 is 2.58 bits per heavy atom. The lowest BCUT2D eigenvalue weighted by Gasteiger charge is -2.08. The maximum atomic E-state index is 11.8. The van der Waals surface area contributed by atoms with Crippen LogP contribution in [0, 0.1) is 0 Å². The molecule has 6 heteroatoms. The highest BCUT2D eigenvalue weighted by Gasteiger charge is 2.23. The average molecular weight is 356 g/mol. The quantitative estimate of drug-likeness (QED) is 0.684. The molecule has 1 fully saturated rings. The van der Waals surface area contributed by atoms with E-state index in [2.05, 4.69) is 10.6 Å². The van der Waals surface area contributed by atoms with E-state index < -0.39 is 0 Å². The molecule has 1 aliphatic carbocycles. The summed E-state index contributed by atoms with van der Waals surface area (Å²) in [6.45, 7) is 0.628. The Morgan fingerprint density at radius 1 is 1.08 bits per heavy atom. The summed E-state index contributed by atoms with van der Waals surface area (Å²) in [6, 6.07) is 11.6. The summed E-state index contributed by atoms with van der Waals surface area (Å²) in [5.41, 5.74) is 1.10. The minimum Gasteiger partial charge on any atom is -0.484 e. The molecule has 1 aromatic carbocycles. The first-order chi connectivity index (χ1) is 12.7. The summed E-state index contributed by atoms with van der Waals surface area (Å²) < 4.78 is 10.7. The van der Waals surface area contributed by atoms with Crippen molar-refractivity contribution in [2.24, 2.45) is 0 Å². The number of carbonyl (C=O) groups excluding carboxylic acids is 2. The van der Waals surface area contributed by atoms with Crippen LogP contribution in [0.15, 0.2) is 47.1 Å². The van der Waals surface area contributed by atoms with Gasteiger partial charge in [-0.05, 0) is 49.1 Å². The van der Waals surface area contributed by atoms with Gasteiger partial charge in [0.15, 0.2) is 6.61 Å². The molecule has 0 spiro atoms. The topological polar surface area (TPSA) is 80.6 Å². The fourth-order valence-electron chi connectivity index (χ4n) is 2.52. The highest BCUT2D eigenvalue weighted by molar-refractivity contribution is 5.78. The predicted molar refractivity (Wildman–Crippen MR) is 96.8 cm³/mol.